The molecule has 1 radical (unpaired) electrons. The van der Waals surface area contributed by atoms with Crippen LogP contribution in [0.25, 0.3) is 0 Å². The summed E-state index contributed by atoms with van der Waals surface area (Å²) in [4.78, 5) is 13.8. The summed E-state index contributed by atoms with van der Waals surface area (Å²) < 4.78 is 1.61. The fraction of sp³-hybridized carbons (Fsp3) is 0.300. The summed E-state index contributed by atoms with van der Waals surface area (Å²) in [5.74, 6) is -0.833. The first kappa shape index (κ1) is 12.5. The number of aliphatic carboxylic acids is 1. The monoisotopic (exact) mass is 287 g/mol. The molecule has 0 heterocycles. The Kier molecular flexibility index (Phi) is 6.67. The van der Waals surface area contributed by atoms with Gasteiger partial charge in [0, 0.05) is 6.92 Å². The van der Waals surface area contributed by atoms with Gasteiger partial charge in [0.05, 0.1) is 0 Å². The summed E-state index contributed by atoms with van der Waals surface area (Å²) in [6.45, 7) is 1.08. The third kappa shape index (κ3) is 7.84. The standard InChI is InChI=1S/C6H5.C2H4O2.2CH3.Sn/c1-2-4-6-5-3-1;1-2(3)4;;;/h1-5H;1H3,(H,3,4);2*1H3;. The number of hydrogen-bond acceptors (Lipinski definition) is 1. The molecule has 0 unspecified atom stereocenters. The number of carbonyl (C=O) groups is 1. The van der Waals surface area contributed by atoms with E-state index >= 15 is 0 Å². The van der Waals surface area contributed by atoms with Crippen molar-refractivity contribution in [3.8, 4) is 0 Å². The minimum atomic E-state index is -1.02. The van der Waals surface area contributed by atoms with Crippen molar-refractivity contribution >= 4 is 29.3 Å². The first-order valence-corrected chi connectivity index (χ1v) is 11.2. The van der Waals surface area contributed by atoms with Crippen LogP contribution in [0.4, 0.5) is 0 Å². The Morgan fingerprint density at radius 1 is 1.23 bits per heavy atom. The van der Waals surface area contributed by atoms with Crippen molar-refractivity contribution in [3.05, 3.63) is 30.3 Å². The molecule has 1 aromatic rings. The normalized spacial score (nSPS) is 8.92. The second-order valence-corrected chi connectivity index (χ2v) is 10.2. The van der Waals surface area contributed by atoms with Crippen molar-refractivity contribution in [2.45, 2.75) is 16.8 Å². The fourth-order valence-corrected chi connectivity index (χ4v) is 3.22. The molecule has 1 rings (SSSR count). The zero-order chi connectivity index (χ0) is 10.3. The molecule has 71 valence electrons. The topological polar surface area (TPSA) is 37.3 Å². The number of rotatable bonds is 1. The zero-order valence-corrected chi connectivity index (χ0v) is 11.1. The molecular weight excluding hydrogens is 271 g/mol. The SMILES string of the molecule is CC(=O)O.[CH3][Sn]([CH3])[c]1ccccc1. The van der Waals surface area contributed by atoms with Crippen LogP contribution in [-0.4, -0.2) is 30.8 Å². The van der Waals surface area contributed by atoms with Crippen molar-refractivity contribution in [3.63, 3.8) is 0 Å². The molecule has 0 saturated heterocycles. The third-order valence-electron chi connectivity index (χ3n) is 1.35. The summed E-state index contributed by atoms with van der Waals surface area (Å²) in [5.41, 5.74) is 0. The summed E-state index contributed by atoms with van der Waals surface area (Å²) in [7, 11) is 0. The first-order chi connectivity index (χ1) is 6.04. The molecule has 0 atom stereocenters. The Morgan fingerprint density at radius 3 is 1.85 bits per heavy atom. The fourth-order valence-electron chi connectivity index (χ4n) is 0.771. The molecule has 3 heteroatoms. The van der Waals surface area contributed by atoms with E-state index in [0.717, 1.165) is 6.92 Å². The van der Waals surface area contributed by atoms with Gasteiger partial charge >= 0.3 is 63.6 Å². The Labute approximate surface area is 86.3 Å². The van der Waals surface area contributed by atoms with Crippen LogP contribution in [0.1, 0.15) is 6.92 Å². The van der Waals surface area contributed by atoms with Crippen LogP contribution in [0.15, 0.2) is 30.3 Å². The third-order valence-corrected chi connectivity index (χ3v) is 5.60. The van der Waals surface area contributed by atoms with Gasteiger partial charge in [0.1, 0.15) is 0 Å². The zero-order valence-electron chi connectivity index (χ0n) is 8.24. The van der Waals surface area contributed by atoms with E-state index in [1.165, 1.54) is 0 Å². The predicted molar refractivity (Wildman–Crippen MR) is 56.9 cm³/mol. The van der Waals surface area contributed by atoms with Crippen LogP contribution in [-0.2, 0) is 4.79 Å². The summed E-state index contributed by atoms with van der Waals surface area (Å²) in [6, 6.07) is 10.8. The van der Waals surface area contributed by atoms with Crippen molar-refractivity contribution in [1.82, 2.24) is 0 Å². The molecule has 0 aliphatic rings. The van der Waals surface area contributed by atoms with Gasteiger partial charge in [-0.05, 0) is 0 Å². The molecular formula is C10H15O2Sn. The van der Waals surface area contributed by atoms with Gasteiger partial charge in [-0.25, -0.2) is 0 Å². The molecule has 0 aromatic heterocycles. The van der Waals surface area contributed by atoms with Gasteiger partial charge in [0.2, 0.25) is 0 Å². The van der Waals surface area contributed by atoms with Gasteiger partial charge in [-0.15, -0.1) is 0 Å². The van der Waals surface area contributed by atoms with E-state index in [4.69, 9.17) is 9.90 Å². The molecule has 2 nitrogen and oxygen atoms in total. The Morgan fingerprint density at radius 2 is 1.62 bits per heavy atom. The molecule has 0 saturated carbocycles. The maximum absolute atomic E-state index is 9.00. The number of carboxylic acid groups (broad SMARTS) is 1. The molecule has 1 N–H and O–H groups in total. The van der Waals surface area contributed by atoms with Gasteiger partial charge in [-0.2, -0.15) is 0 Å². The van der Waals surface area contributed by atoms with Crippen LogP contribution in [0.5, 0.6) is 0 Å². The number of hydrogen-bond donors (Lipinski definition) is 1. The molecule has 0 bridgehead atoms. The predicted octanol–water partition coefficient (Wildman–Crippen LogP) is 1.74. The maximum atomic E-state index is 9.00. The molecule has 0 aliphatic carbocycles. The summed E-state index contributed by atoms with van der Waals surface area (Å²) in [6.07, 6.45) is 0. The van der Waals surface area contributed by atoms with E-state index in [1.807, 2.05) is 0 Å². The van der Waals surface area contributed by atoms with E-state index in [-0.39, 0.29) is 0 Å². The van der Waals surface area contributed by atoms with Crippen molar-refractivity contribution in [2.75, 3.05) is 0 Å². The van der Waals surface area contributed by atoms with Crippen molar-refractivity contribution in [2.24, 2.45) is 0 Å². The van der Waals surface area contributed by atoms with Gasteiger partial charge in [-0.1, -0.05) is 0 Å². The van der Waals surface area contributed by atoms with Gasteiger partial charge < -0.3 is 5.11 Å². The second kappa shape index (κ2) is 6.95. The Bertz CT molecular complexity index is 240. The van der Waals surface area contributed by atoms with Crippen molar-refractivity contribution in [1.29, 1.82) is 0 Å². The Hall–Kier alpha value is -0.511. The second-order valence-electron chi connectivity index (χ2n) is 2.89. The summed E-state index contributed by atoms with van der Waals surface area (Å²) in [5, 5.41) is 7.42. The van der Waals surface area contributed by atoms with E-state index in [0.29, 0.717) is 0 Å². The van der Waals surface area contributed by atoms with E-state index in [2.05, 4.69) is 40.2 Å². The molecule has 0 fully saturated rings. The molecule has 0 amide bonds. The van der Waals surface area contributed by atoms with Crippen LogP contribution in [0, 0.1) is 0 Å². The summed E-state index contributed by atoms with van der Waals surface area (Å²) >= 11 is -1.02. The van der Waals surface area contributed by atoms with E-state index in [9.17, 15) is 0 Å². The number of carboxylic acids is 1. The molecule has 0 spiro atoms. The molecule has 0 aliphatic heterocycles. The first-order valence-electron chi connectivity index (χ1n) is 4.09. The average Bonchev–Trinajstić information content (AvgIpc) is 2.05. The van der Waals surface area contributed by atoms with Gasteiger partial charge in [0.15, 0.2) is 0 Å². The van der Waals surface area contributed by atoms with Gasteiger partial charge in [-0.3, -0.25) is 4.79 Å². The quantitative estimate of drug-likeness (QED) is 0.798. The molecule has 1 aromatic carbocycles. The van der Waals surface area contributed by atoms with Gasteiger partial charge in [0.25, 0.3) is 5.97 Å². The van der Waals surface area contributed by atoms with Crippen LogP contribution in [0.2, 0.25) is 9.88 Å². The minimum absolute atomic E-state index is 0.833. The van der Waals surface area contributed by atoms with Crippen molar-refractivity contribution < 1.29 is 9.90 Å². The Balaban J connectivity index is 0.000000310. The van der Waals surface area contributed by atoms with Crippen LogP contribution in [0.3, 0.4) is 0 Å². The van der Waals surface area contributed by atoms with Crippen LogP contribution >= 0.6 is 0 Å². The van der Waals surface area contributed by atoms with E-state index in [1.54, 1.807) is 3.58 Å². The van der Waals surface area contributed by atoms with E-state index < -0.39 is 25.7 Å². The van der Waals surface area contributed by atoms with Crippen LogP contribution < -0.4 is 3.58 Å². The average molecular weight is 286 g/mol. The molecule has 13 heavy (non-hydrogen) atoms. The number of benzene rings is 1.